The highest BCUT2D eigenvalue weighted by Gasteiger charge is 2.34. The maximum Gasteiger partial charge on any atom is 0.254 e. The lowest BCUT2D eigenvalue weighted by molar-refractivity contribution is 0.0793. The number of nitrogens with zero attached hydrogens (tertiary/aromatic N) is 1. The van der Waals surface area contributed by atoms with E-state index in [1.54, 1.807) is 4.90 Å². The van der Waals surface area contributed by atoms with Crippen molar-refractivity contribution < 1.29 is 4.79 Å². The number of carbonyl (C=O) groups is 1. The molecule has 0 bridgehead atoms. The summed E-state index contributed by atoms with van der Waals surface area (Å²) in [6.45, 7) is 0. The highest BCUT2D eigenvalue weighted by molar-refractivity contribution is 5.99. The third kappa shape index (κ3) is 1.45. The second kappa shape index (κ2) is 3.74. The number of carbonyl (C=O) groups excluding carboxylic acids is 1. The molecule has 84 valence electrons. The molecule has 3 rings (SSSR count). The summed E-state index contributed by atoms with van der Waals surface area (Å²) in [7, 11) is 1.86. The van der Waals surface area contributed by atoms with E-state index < -0.39 is 0 Å². The summed E-state index contributed by atoms with van der Waals surface area (Å²) in [5.74, 6) is 0.106. The second-order valence-corrected chi connectivity index (χ2v) is 4.32. The zero-order valence-electron chi connectivity index (χ0n) is 9.63. The average Bonchev–Trinajstić information content (AvgIpc) is 2.64. The Bertz CT molecular complexity index is 562. The Kier molecular flexibility index (Phi) is 2.22. The molecule has 0 spiro atoms. The van der Waals surface area contributed by atoms with E-state index in [0.29, 0.717) is 0 Å². The van der Waals surface area contributed by atoms with Gasteiger partial charge in [-0.2, -0.15) is 0 Å². The predicted octanol–water partition coefficient (Wildman–Crippen LogP) is 2.86. The summed E-state index contributed by atoms with van der Waals surface area (Å²) in [5.41, 5.74) is 3.09. The zero-order chi connectivity index (χ0) is 11.8. The molecule has 0 saturated carbocycles. The van der Waals surface area contributed by atoms with Gasteiger partial charge in [0.15, 0.2) is 0 Å². The van der Waals surface area contributed by atoms with Gasteiger partial charge in [0.25, 0.3) is 5.91 Å². The quantitative estimate of drug-likeness (QED) is 0.728. The van der Waals surface area contributed by atoms with E-state index >= 15 is 0 Å². The third-order valence-electron chi connectivity index (χ3n) is 3.31. The van der Waals surface area contributed by atoms with Crippen molar-refractivity contribution in [1.29, 1.82) is 0 Å². The Morgan fingerprint density at radius 1 is 0.941 bits per heavy atom. The molecule has 2 aromatic rings. The van der Waals surface area contributed by atoms with Crippen LogP contribution in [0.5, 0.6) is 0 Å². The number of benzene rings is 2. The average molecular weight is 223 g/mol. The molecule has 1 heterocycles. The van der Waals surface area contributed by atoms with Gasteiger partial charge in [-0.1, -0.05) is 48.5 Å². The molecule has 1 atom stereocenters. The smallest absolute Gasteiger partial charge is 0.254 e. The molecule has 0 radical (unpaired) electrons. The van der Waals surface area contributed by atoms with E-state index in [1.165, 1.54) is 0 Å². The molecule has 2 nitrogen and oxygen atoms in total. The first-order valence-electron chi connectivity index (χ1n) is 5.70. The first-order valence-corrected chi connectivity index (χ1v) is 5.70. The van der Waals surface area contributed by atoms with Crippen molar-refractivity contribution in [3.05, 3.63) is 71.3 Å². The Labute approximate surface area is 100 Å². The molecule has 0 saturated heterocycles. The highest BCUT2D eigenvalue weighted by Crippen LogP contribution is 2.36. The Hall–Kier alpha value is -2.09. The van der Waals surface area contributed by atoms with Crippen molar-refractivity contribution in [2.45, 2.75) is 6.04 Å². The van der Waals surface area contributed by atoms with Crippen LogP contribution in [0.1, 0.15) is 27.5 Å². The summed E-state index contributed by atoms with van der Waals surface area (Å²) >= 11 is 0. The van der Waals surface area contributed by atoms with Crippen LogP contribution in [0.15, 0.2) is 54.6 Å². The van der Waals surface area contributed by atoms with E-state index in [2.05, 4.69) is 12.1 Å². The van der Waals surface area contributed by atoms with Crippen molar-refractivity contribution in [2.75, 3.05) is 7.05 Å². The molecule has 0 N–H and O–H groups in total. The Balaban J connectivity index is 2.16. The monoisotopic (exact) mass is 223 g/mol. The van der Waals surface area contributed by atoms with Crippen LogP contribution in [0.3, 0.4) is 0 Å². The standard InChI is InChI=1S/C15H13NO/c1-16-14(11-7-3-2-4-8-11)12-9-5-6-10-13(12)15(16)17/h2-10,14H,1H3/t14-/m0/s1. The van der Waals surface area contributed by atoms with Gasteiger partial charge in [-0.25, -0.2) is 0 Å². The molecule has 2 heteroatoms. The van der Waals surface area contributed by atoms with Crippen LogP contribution in [0, 0.1) is 0 Å². The fraction of sp³-hybridized carbons (Fsp3) is 0.133. The molecule has 0 fully saturated rings. The summed E-state index contributed by atoms with van der Waals surface area (Å²) in [4.78, 5) is 13.9. The number of hydrogen-bond donors (Lipinski definition) is 0. The normalized spacial score (nSPS) is 18.3. The van der Waals surface area contributed by atoms with Crippen LogP contribution in [-0.2, 0) is 0 Å². The molecule has 1 aliphatic heterocycles. The van der Waals surface area contributed by atoms with E-state index in [-0.39, 0.29) is 11.9 Å². The van der Waals surface area contributed by atoms with Crippen molar-refractivity contribution in [2.24, 2.45) is 0 Å². The summed E-state index contributed by atoms with van der Waals surface area (Å²) in [6, 6.07) is 18.0. The van der Waals surface area contributed by atoms with E-state index in [0.717, 1.165) is 16.7 Å². The molecule has 0 unspecified atom stereocenters. The first kappa shape index (κ1) is 10.1. The fourth-order valence-electron chi connectivity index (χ4n) is 2.48. The van der Waals surface area contributed by atoms with Crippen molar-refractivity contribution in [3.8, 4) is 0 Å². The van der Waals surface area contributed by atoms with Crippen LogP contribution in [0.25, 0.3) is 0 Å². The van der Waals surface area contributed by atoms with Crippen LogP contribution >= 0.6 is 0 Å². The van der Waals surface area contributed by atoms with Gasteiger partial charge < -0.3 is 4.90 Å². The van der Waals surface area contributed by atoms with E-state index in [4.69, 9.17) is 0 Å². The van der Waals surface area contributed by atoms with Gasteiger partial charge in [0.05, 0.1) is 6.04 Å². The van der Waals surface area contributed by atoms with Crippen molar-refractivity contribution in [1.82, 2.24) is 4.90 Å². The minimum atomic E-state index is 0.0555. The van der Waals surface area contributed by atoms with Gasteiger partial charge in [0, 0.05) is 12.6 Å². The topological polar surface area (TPSA) is 20.3 Å². The summed E-state index contributed by atoms with van der Waals surface area (Å²) < 4.78 is 0. The number of rotatable bonds is 1. The second-order valence-electron chi connectivity index (χ2n) is 4.32. The zero-order valence-corrected chi connectivity index (χ0v) is 9.63. The molecule has 1 amide bonds. The molecule has 17 heavy (non-hydrogen) atoms. The molecule has 0 aromatic heterocycles. The SMILES string of the molecule is CN1C(=O)c2ccccc2[C@@H]1c1ccccc1. The van der Waals surface area contributed by atoms with Crippen LogP contribution in [-0.4, -0.2) is 17.9 Å². The summed E-state index contributed by atoms with van der Waals surface area (Å²) in [6.07, 6.45) is 0. The van der Waals surface area contributed by atoms with E-state index in [1.807, 2.05) is 49.5 Å². The van der Waals surface area contributed by atoms with Gasteiger partial charge in [0.1, 0.15) is 0 Å². The number of hydrogen-bond acceptors (Lipinski definition) is 1. The first-order chi connectivity index (χ1) is 8.29. The molecule has 0 aliphatic carbocycles. The lowest BCUT2D eigenvalue weighted by Crippen LogP contribution is -2.23. The van der Waals surface area contributed by atoms with Crippen LogP contribution < -0.4 is 0 Å². The van der Waals surface area contributed by atoms with Gasteiger partial charge in [0.2, 0.25) is 0 Å². The van der Waals surface area contributed by atoms with Gasteiger partial charge in [-0.05, 0) is 17.2 Å². The Morgan fingerprint density at radius 2 is 1.59 bits per heavy atom. The fourth-order valence-corrected chi connectivity index (χ4v) is 2.48. The maximum absolute atomic E-state index is 12.1. The maximum atomic E-state index is 12.1. The van der Waals surface area contributed by atoms with Crippen molar-refractivity contribution >= 4 is 5.91 Å². The minimum absolute atomic E-state index is 0.0555. The lowest BCUT2D eigenvalue weighted by atomic mass is 9.98. The van der Waals surface area contributed by atoms with Crippen molar-refractivity contribution in [3.63, 3.8) is 0 Å². The van der Waals surface area contributed by atoms with Gasteiger partial charge in [-0.15, -0.1) is 0 Å². The summed E-state index contributed by atoms with van der Waals surface area (Å²) in [5, 5.41) is 0. The van der Waals surface area contributed by atoms with Gasteiger partial charge in [-0.3, -0.25) is 4.79 Å². The lowest BCUT2D eigenvalue weighted by Gasteiger charge is -2.21. The van der Waals surface area contributed by atoms with Crippen LogP contribution in [0.2, 0.25) is 0 Å². The highest BCUT2D eigenvalue weighted by atomic mass is 16.2. The molecule has 1 aliphatic rings. The number of amides is 1. The largest absolute Gasteiger partial charge is 0.331 e. The molecular weight excluding hydrogens is 210 g/mol. The van der Waals surface area contributed by atoms with Gasteiger partial charge >= 0.3 is 0 Å². The molecular formula is C15H13NO. The number of fused-ring (bicyclic) bond motifs is 1. The molecule has 2 aromatic carbocycles. The van der Waals surface area contributed by atoms with E-state index in [9.17, 15) is 4.79 Å². The van der Waals surface area contributed by atoms with Crippen LogP contribution in [0.4, 0.5) is 0 Å². The minimum Gasteiger partial charge on any atom is -0.331 e. The predicted molar refractivity (Wildman–Crippen MR) is 66.8 cm³/mol. The Morgan fingerprint density at radius 3 is 2.35 bits per heavy atom. The third-order valence-corrected chi connectivity index (χ3v) is 3.31.